The molecular weight excluding hydrogens is 310 g/mol. The van der Waals surface area contributed by atoms with E-state index in [1.54, 1.807) is 30.3 Å². The minimum absolute atomic E-state index is 0.360. The highest BCUT2D eigenvalue weighted by molar-refractivity contribution is 5.96. The molecule has 0 saturated carbocycles. The molecule has 1 amide bonds. The van der Waals surface area contributed by atoms with Crippen LogP contribution in [-0.2, 0) is 9.53 Å². The Labute approximate surface area is 139 Å². The lowest BCUT2D eigenvalue weighted by Gasteiger charge is -2.19. The van der Waals surface area contributed by atoms with E-state index in [2.05, 4.69) is 5.32 Å². The Balaban J connectivity index is 1.56. The normalized spacial score (nSPS) is 12.4. The van der Waals surface area contributed by atoms with Crippen LogP contribution in [0.4, 0.5) is 5.69 Å². The van der Waals surface area contributed by atoms with Crippen molar-refractivity contribution >= 4 is 17.6 Å². The van der Waals surface area contributed by atoms with Gasteiger partial charge >= 0.3 is 5.97 Å². The summed E-state index contributed by atoms with van der Waals surface area (Å²) in [6, 6.07) is 12.2. The maximum atomic E-state index is 12.0. The third kappa shape index (κ3) is 3.65. The van der Waals surface area contributed by atoms with Crippen LogP contribution in [0, 0.1) is 6.92 Å². The van der Waals surface area contributed by atoms with Crippen molar-refractivity contribution in [3.05, 3.63) is 53.6 Å². The van der Waals surface area contributed by atoms with Gasteiger partial charge in [-0.2, -0.15) is 0 Å². The van der Waals surface area contributed by atoms with Crippen molar-refractivity contribution in [2.45, 2.75) is 6.92 Å². The lowest BCUT2D eigenvalue weighted by molar-refractivity contribution is -0.119. The number of hydrogen-bond acceptors (Lipinski definition) is 5. The van der Waals surface area contributed by atoms with Gasteiger partial charge in [0.2, 0.25) is 0 Å². The first-order valence-corrected chi connectivity index (χ1v) is 7.56. The average molecular weight is 327 g/mol. The van der Waals surface area contributed by atoms with Gasteiger partial charge < -0.3 is 19.5 Å². The van der Waals surface area contributed by atoms with Gasteiger partial charge in [0, 0.05) is 11.8 Å². The molecule has 0 aromatic heterocycles. The van der Waals surface area contributed by atoms with Crippen LogP contribution in [0.3, 0.4) is 0 Å². The molecule has 1 heterocycles. The van der Waals surface area contributed by atoms with E-state index in [0.717, 1.165) is 5.56 Å². The lowest BCUT2D eigenvalue weighted by atomic mass is 10.1. The molecule has 0 aliphatic carbocycles. The summed E-state index contributed by atoms with van der Waals surface area (Å²) in [5.41, 5.74) is 1.80. The summed E-state index contributed by atoms with van der Waals surface area (Å²) in [6.07, 6.45) is 0. The van der Waals surface area contributed by atoms with E-state index in [4.69, 9.17) is 14.2 Å². The second-order valence-electron chi connectivity index (χ2n) is 5.30. The molecule has 0 radical (unpaired) electrons. The second-order valence-corrected chi connectivity index (χ2v) is 5.30. The quantitative estimate of drug-likeness (QED) is 0.874. The van der Waals surface area contributed by atoms with Crippen LogP contribution in [0.2, 0.25) is 0 Å². The summed E-state index contributed by atoms with van der Waals surface area (Å²) in [5, 5.41) is 2.66. The Hall–Kier alpha value is -3.02. The van der Waals surface area contributed by atoms with Gasteiger partial charge in [-0.3, -0.25) is 4.79 Å². The Kier molecular flexibility index (Phi) is 4.65. The van der Waals surface area contributed by atoms with E-state index in [9.17, 15) is 9.59 Å². The zero-order chi connectivity index (χ0) is 16.9. The number of carbonyl (C=O) groups is 2. The zero-order valence-electron chi connectivity index (χ0n) is 13.2. The second kappa shape index (κ2) is 7.04. The topological polar surface area (TPSA) is 73.9 Å². The maximum absolute atomic E-state index is 12.0. The molecule has 6 nitrogen and oxygen atoms in total. The summed E-state index contributed by atoms with van der Waals surface area (Å²) in [5.74, 6) is 0.278. The maximum Gasteiger partial charge on any atom is 0.338 e. The van der Waals surface area contributed by atoms with E-state index >= 15 is 0 Å². The van der Waals surface area contributed by atoms with Gasteiger partial charge in [-0.1, -0.05) is 18.2 Å². The first-order chi connectivity index (χ1) is 11.6. The van der Waals surface area contributed by atoms with Crippen LogP contribution in [0.25, 0.3) is 0 Å². The van der Waals surface area contributed by atoms with Gasteiger partial charge in [0.05, 0.1) is 5.56 Å². The fourth-order valence-electron chi connectivity index (χ4n) is 2.33. The molecule has 124 valence electrons. The number of aryl methyl sites for hydroxylation is 1. The van der Waals surface area contributed by atoms with Gasteiger partial charge in [-0.05, 0) is 30.7 Å². The minimum Gasteiger partial charge on any atom is -0.486 e. The van der Waals surface area contributed by atoms with Gasteiger partial charge in [-0.15, -0.1) is 0 Å². The summed E-state index contributed by atoms with van der Waals surface area (Å²) in [7, 11) is 0. The number of carbonyl (C=O) groups excluding carboxylic acids is 2. The standard InChI is InChI=1S/C18H17NO5/c1-12-4-2-3-5-14(12)18(21)24-11-17(20)19-13-6-7-15-16(10-13)23-9-8-22-15/h2-7,10H,8-9,11H2,1H3,(H,19,20). The average Bonchev–Trinajstić information content (AvgIpc) is 2.60. The first-order valence-electron chi connectivity index (χ1n) is 7.56. The molecule has 1 aliphatic rings. The fourth-order valence-corrected chi connectivity index (χ4v) is 2.33. The van der Waals surface area contributed by atoms with Crippen molar-refractivity contribution in [3.8, 4) is 11.5 Å². The van der Waals surface area contributed by atoms with Crippen molar-refractivity contribution < 1.29 is 23.8 Å². The molecule has 0 fully saturated rings. The number of amides is 1. The summed E-state index contributed by atoms with van der Waals surface area (Å²) in [6.45, 7) is 2.43. The highest BCUT2D eigenvalue weighted by Gasteiger charge is 2.14. The van der Waals surface area contributed by atoms with Crippen molar-refractivity contribution in [1.82, 2.24) is 0 Å². The van der Waals surface area contributed by atoms with Crippen LogP contribution in [0.15, 0.2) is 42.5 Å². The van der Waals surface area contributed by atoms with E-state index in [-0.39, 0.29) is 6.61 Å². The van der Waals surface area contributed by atoms with Gasteiger partial charge in [0.1, 0.15) is 13.2 Å². The highest BCUT2D eigenvalue weighted by atomic mass is 16.6. The van der Waals surface area contributed by atoms with Gasteiger partial charge in [0.25, 0.3) is 5.91 Å². The molecule has 0 unspecified atom stereocenters. The number of ether oxygens (including phenoxy) is 3. The smallest absolute Gasteiger partial charge is 0.338 e. The third-order valence-electron chi connectivity index (χ3n) is 3.53. The molecule has 2 aromatic carbocycles. The van der Waals surface area contributed by atoms with Crippen LogP contribution in [0.5, 0.6) is 11.5 Å². The zero-order valence-corrected chi connectivity index (χ0v) is 13.2. The number of hydrogen-bond donors (Lipinski definition) is 1. The molecule has 0 saturated heterocycles. The molecule has 0 spiro atoms. The molecule has 0 atom stereocenters. The van der Waals surface area contributed by atoms with Crippen molar-refractivity contribution in [1.29, 1.82) is 0 Å². The molecule has 1 aliphatic heterocycles. The Morgan fingerprint density at radius 1 is 1.08 bits per heavy atom. The molecular formula is C18H17NO5. The number of esters is 1. The predicted molar refractivity (Wildman–Crippen MR) is 87.5 cm³/mol. The number of nitrogens with one attached hydrogen (secondary N) is 1. The van der Waals surface area contributed by atoms with Crippen molar-refractivity contribution in [3.63, 3.8) is 0 Å². The van der Waals surface area contributed by atoms with Crippen LogP contribution in [0.1, 0.15) is 15.9 Å². The Bertz CT molecular complexity index is 772. The molecule has 6 heteroatoms. The monoisotopic (exact) mass is 327 g/mol. The summed E-state index contributed by atoms with van der Waals surface area (Å²) < 4.78 is 15.9. The largest absolute Gasteiger partial charge is 0.486 e. The molecule has 1 N–H and O–H groups in total. The molecule has 2 aromatic rings. The number of fused-ring (bicyclic) bond motifs is 1. The third-order valence-corrected chi connectivity index (χ3v) is 3.53. The summed E-state index contributed by atoms with van der Waals surface area (Å²) in [4.78, 5) is 23.9. The fraction of sp³-hybridized carbons (Fsp3) is 0.222. The molecule has 0 bridgehead atoms. The van der Waals surface area contributed by atoms with Gasteiger partial charge in [-0.25, -0.2) is 4.79 Å². The molecule has 3 rings (SSSR count). The van der Waals surface area contributed by atoms with Crippen LogP contribution in [-0.4, -0.2) is 31.7 Å². The highest BCUT2D eigenvalue weighted by Crippen LogP contribution is 2.32. The Morgan fingerprint density at radius 2 is 1.83 bits per heavy atom. The predicted octanol–water partition coefficient (Wildman–Crippen LogP) is 2.56. The van der Waals surface area contributed by atoms with Gasteiger partial charge in [0.15, 0.2) is 18.1 Å². The number of benzene rings is 2. The number of rotatable bonds is 4. The SMILES string of the molecule is Cc1ccccc1C(=O)OCC(=O)Nc1ccc2c(c1)OCCO2. The van der Waals surface area contributed by atoms with E-state index in [0.29, 0.717) is 36.0 Å². The van der Waals surface area contributed by atoms with Crippen LogP contribution >= 0.6 is 0 Å². The van der Waals surface area contributed by atoms with Crippen molar-refractivity contribution in [2.75, 3.05) is 25.1 Å². The van der Waals surface area contributed by atoms with Crippen LogP contribution < -0.4 is 14.8 Å². The Morgan fingerprint density at radius 3 is 2.62 bits per heavy atom. The first kappa shape index (κ1) is 15.9. The van der Waals surface area contributed by atoms with Crippen molar-refractivity contribution in [2.24, 2.45) is 0 Å². The summed E-state index contributed by atoms with van der Waals surface area (Å²) >= 11 is 0. The lowest BCUT2D eigenvalue weighted by Crippen LogP contribution is -2.21. The van der Waals surface area contributed by atoms with E-state index in [1.807, 2.05) is 19.1 Å². The van der Waals surface area contributed by atoms with E-state index < -0.39 is 11.9 Å². The molecule has 24 heavy (non-hydrogen) atoms. The minimum atomic E-state index is -0.523. The van der Waals surface area contributed by atoms with E-state index in [1.165, 1.54) is 0 Å². The number of anilines is 1.